The second-order valence-corrected chi connectivity index (χ2v) is 4.61. The van der Waals surface area contributed by atoms with E-state index >= 15 is 0 Å². The third-order valence-corrected chi connectivity index (χ3v) is 3.37. The second kappa shape index (κ2) is 4.79. The number of carbonyl (C=O) groups excluding carboxylic acids is 1. The highest BCUT2D eigenvalue weighted by Gasteiger charge is 2.24. The minimum absolute atomic E-state index is 0.334. The van der Waals surface area contributed by atoms with Crippen LogP contribution in [0.1, 0.15) is 26.2 Å². The standard InChI is InChI=1S/C12H20N2O/c1-10-9-13-6-7-14(10)12(15)8-11-4-2-3-5-11/h2,4,10-11,13H,3,5-9H2,1H3/t10-,11?/m1/s1. The molecule has 1 aliphatic heterocycles. The van der Waals surface area contributed by atoms with Crippen LogP contribution in [0.4, 0.5) is 0 Å². The molecule has 0 aromatic rings. The number of carbonyl (C=O) groups is 1. The van der Waals surface area contributed by atoms with Crippen LogP contribution in [0.2, 0.25) is 0 Å². The summed E-state index contributed by atoms with van der Waals surface area (Å²) in [5.74, 6) is 0.833. The fraction of sp³-hybridized carbons (Fsp3) is 0.750. The molecule has 0 radical (unpaired) electrons. The van der Waals surface area contributed by atoms with Crippen molar-refractivity contribution in [2.45, 2.75) is 32.2 Å². The summed E-state index contributed by atoms with van der Waals surface area (Å²) in [6.45, 7) is 4.87. The first-order valence-electron chi connectivity index (χ1n) is 5.94. The maximum absolute atomic E-state index is 12.0. The third kappa shape index (κ3) is 2.59. The van der Waals surface area contributed by atoms with Crippen molar-refractivity contribution in [2.24, 2.45) is 5.92 Å². The fourth-order valence-corrected chi connectivity index (χ4v) is 2.42. The quantitative estimate of drug-likeness (QED) is 0.691. The van der Waals surface area contributed by atoms with Crippen LogP contribution in [0.5, 0.6) is 0 Å². The van der Waals surface area contributed by atoms with E-state index in [9.17, 15) is 4.79 Å². The van der Waals surface area contributed by atoms with E-state index in [1.807, 2.05) is 4.90 Å². The summed E-state index contributed by atoms with van der Waals surface area (Å²) in [7, 11) is 0. The van der Waals surface area contributed by atoms with Gasteiger partial charge in [0.1, 0.15) is 0 Å². The van der Waals surface area contributed by atoms with E-state index in [-0.39, 0.29) is 0 Å². The van der Waals surface area contributed by atoms with Gasteiger partial charge in [0.2, 0.25) is 5.91 Å². The summed E-state index contributed by atoms with van der Waals surface area (Å²) >= 11 is 0. The lowest BCUT2D eigenvalue weighted by atomic mass is 10.0. The zero-order valence-corrected chi connectivity index (χ0v) is 9.41. The molecule has 0 bridgehead atoms. The molecule has 2 aliphatic rings. The molecular formula is C12H20N2O. The maximum Gasteiger partial charge on any atom is 0.223 e. The summed E-state index contributed by atoms with van der Waals surface area (Å²) in [5, 5.41) is 3.31. The van der Waals surface area contributed by atoms with Gasteiger partial charge in [0.25, 0.3) is 0 Å². The van der Waals surface area contributed by atoms with Gasteiger partial charge in [-0.1, -0.05) is 12.2 Å². The highest BCUT2D eigenvalue weighted by atomic mass is 16.2. The Balaban J connectivity index is 1.85. The largest absolute Gasteiger partial charge is 0.337 e. The summed E-state index contributed by atoms with van der Waals surface area (Å²) in [5.41, 5.74) is 0. The first-order valence-corrected chi connectivity index (χ1v) is 5.94. The van der Waals surface area contributed by atoms with Crippen molar-refractivity contribution < 1.29 is 4.79 Å². The van der Waals surface area contributed by atoms with Gasteiger partial charge < -0.3 is 10.2 Å². The van der Waals surface area contributed by atoms with Crippen LogP contribution in [0.15, 0.2) is 12.2 Å². The van der Waals surface area contributed by atoms with E-state index in [2.05, 4.69) is 24.4 Å². The van der Waals surface area contributed by atoms with Gasteiger partial charge in [0.05, 0.1) is 0 Å². The van der Waals surface area contributed by atoms with Gasteiger partial charge in [-0.3, -0.25) is 4.79 Å². The molecule has 84 valence electrons. The predicted molar refractivity (Wildman–Crippen MR) is 60.5 cm³/mol. The van der Waals surface area contributed by atoms with E-state index in [1.165, 1.54) is 0 Å². The number of piperazine rings is 1. The lowest BCUT2D eigenvalue weighted by Gasteiger charge is -2.34. The van der Waals surface area contributed by atoms with Crippen molar-refractivity contribution in [3.63, 3.8) is 0 Å². The van der Waals surface area contributed by atoms with Crippen LogP contribution in [0.25, 0.3) is 0 Å². The van der Waals surface area contributed by atoms with Crippen molar-refractivity contribution in [1.82, 2.24) is 10.2 Å². The van der Waals surface area contributed by atoms with E-state index in [4.69, 9.17) is 0 Å². The average molecular weight is 208 g/mol. The Hall–Kier alpha value is -0.830. The van der Waals surface area contributed by atoms with Crippen molar-refractivity contribution in [3.05, 3.63) is 12.2 Å². The molecule has 0 spiro atoms. The van der Waals surface area contributed by atoms with Crippen molar-refractivity contribution in [1.29, 1.82) is 0 Å². The maximum atomic E-state index is 12.0. The van der Waals surface area contributed by atoms with Gasteiger partial charge in [0.15, 0.2) is 0 Å². The minimum atomic E-state index is 0.334. The number of rotatable bonds is 2. The number of hydrogen-bond acceptors (Lipinski definition) is 2. The molecular weight excluding hydrogens is 188 g/mol. The van der Waals surface area contributed by atoms with Gasteiger partial charge in [0, 0.05) is 32.1 Å². The summed E-state index contributed by atoms with van der Waals surface area (Å²) in [6.07, 6.45) is 7.41. The van der Waals surface area contributed by atoms with E-state index in [0.29, 0.717) is 24.3 Å². The van der Waals surface area contributed by atoms with Gasteiger partial charge >= 0.3 is 0 Å². The molecule has 2 rings (SSSR count). The molecule has 2 atom stereocenters. The first-order chi connectivity index (χ1) is 7.27. The average Bonchev–Trinajstić information content (AvgIpc) is 2.71. The van der Waals surface area contributed by atoms with Crippen molar-refractivity contribution >= 4 is 5.91 Å². The molecule has 1 saturated heterocycles. The van der Waals surface area contributed by atoms with Gasteiger partial charge in [-0.25, -0.2) is 0 Å². The number of amides is 1. The summed E-state index contributed by atoms with van der Waals surface area (Å²) < 4.78 is 0. The van der Waals surface area contributed by atoms with Crippen LogP contribution >= 0.6 is 0 Å². The fourth-order valence-electron chi connectivity index (χ4n) is 2.42. The molecule has 1 aliphatic carbocycles. The monoisotopic (exact) mass is 208 g/mol. The van der Waals surface area contributed by atoms with Crippen LogP contribution in [0, 0.1) is 5.92 Å². The Morgan fingerprint density at radius 3 is 3.13 bits per heavy atom. The van der Waals surface area contributed by atoms with Crippen molar-refractivity contribution in [2.75, 3.05) is 19.6 Å². The smallest absolute Gasteiger partial charge is 0.223 e. The number of hydrogen-bond donors (Lipinski definition) is 1. The molecule has 1 unspecified atom stereocenters. The molecule has 1 heterocycles. The van der Waals surface area contributed by atoms with E-state index < -0.39 is 0 Å². The predicted octanol–water partition coefficient (Wildman–Crippen LogP) is 1.16. The lowest BCUT2D eigenvalue weighted by Crippen LogP contribution is -2.52. The molecule has 3 nitrogen and oxygen atoms in total. The summed E-state index contributed by atoms with van der Waals surface area (Å²) in [6, 6.07) is 0.358. The second-order valence-electron chi connectivity index (χ2n) is 4.61. The van der Waals surface area contributed by atoms with Crippen LogP contribution < -0.4 is 5.32 Å². The Bertz CT molecular complexity index is 262. The molecule has 15 heavy (non-hydrogen) atoms. The normalized spacial score (nSPS) is 30.9. The van der Waals surface area contributed by atoms with E-state index in [1.54, 1.807) is 0 Å². The van der Waals surface area contributed by atoms with E-state index in [0.717, 1.165) is 32.5 Å². The Morgan fingerprint density at radius 2 is 2.47 bits per heavy atom. The topological polar surface area (TPSA) is 32.3 Å². The first kappa shape index (κ1) is 10.7. The zero-order chi connectivity index (χ0) is 10.7. The van der Waals surface area contributed by atoms with Crippen LogP contribution in [-0.2, 0) is 4.79 Å². The SMILES string of the molecule is C[C@@H]1CNCCN1C(=O)CC1C=CCC1. The molecule has 0 aromatic carbocycles. The van der Waals surface area contributed by atoms with Gasteiger partial charge in [-0.05, 0) is 25.7 Å². The molecule has 0 saturated carbocycles. The summed E-state index contributed by atoms with van der Waals surface area (Å²) in [4.78, 5) is 14.1. The molecule has 1 fully saturated rings. The molecule has 1 N–H and O–H groups in total. The number of nitrogens with zero attached hydrogens (tertiary/aromatic N) is 1. The van der Waals surface area contributed by atoms with Crippen molar-refractivity contribution in [3.8, 4) is 0 Å². The molecule has 0 aromatic heterocycles. The Morgan fingerprint density at radius 1 is 1.60 bits per heavy atom. The molecule has 3 heteroatoms. The van der Waals surface area contributed by atoms with Gasteiger partial charge in [-0.2, -0.15) is 0 Å². The Labute approximate surface area is 91.5 Å². The van der Waals surface area contributed by atoms with Gasteiger partial charge in [-0.15, -0.1) is 0 Å². The van der Waals surface area contributed by atoms with Crippen LogP contribution in [0.3, 0.4) is 0 Å². The van der Waals surface area contributed by atoms with Crippen LogP contribution in [-0.4, -0.2) is 36.5 Å². The highest BCUT2D eigenvalue weighted by Crippen LogP contribution is 2.21. The number of allylic oxidation sites excluding steroid dienone is 2. The number of nitrogens with one attached hydrogen (secondary N) is 1. The minimum Gasteiger partial charge on any atom is -0.337 e. The zero-order valence-electron chi connectivity index (χ0n) is 9.41. The highest BCUT2D eigenvalue weighted by molar-refractivity contribution is 5.77. The third-order valence-electron chi connectivity index (χ3n) is 3.37. The Kier molecular flexibility index (Phi) is 3.41. The lowest BCUT2D eigenvalue weighted by molar-refractivity contribution is -0.134. The molecule has 1 amide bonds.